The average Bonchev–Trinajstić information content (AvgIpc) is 3.65. The predicted octanol–water partition coefficient (Wildman–Crippen LogP) is 5.39. The number of benzene rings is 3. The first kappa shape index (κ1) is 24.6. The largest absolute Gasteiger partial charge is 0.480 e. The molecular weight excluding hydrogens is 490 g/mol. The number of fused-ring (bicyclic) bond motifs is 2. The third-order valence-electron chi connectivity index (χ3n) is 7.32. The summed E-state index contributed by atoms with van der Waals surface area (Å²) in [7, 11) is 0. The van der Waals surface area contributed by atoms with Gasteiger partial charge >= 0.3 is 5.97 Å². The van der Waals surface area contributed by atoms with Gasteiger partial charge in [-0.05, 0) is 84.8 Å². The minimum Gasteiger partial charge on any atom is -0.480 e. The standard InChI is InChI=1S/C31H29N5O3/c1-17-6-7-20(29(37)34-23-9-10-23)13-24(17)19-8-11-25-21(12-19)15-33-31(35-25)36-27(30(38)39)14-22-16-32-26-5-3-4-18(2)28(22)26/h3-8,11-13,15-16,23,27,32H,9-10,14H2,1-2H3,(H,34,37)(H,38,39)(H,33,35,36)/t27-/m1/s1. The first-order valence-corrected chi connectivity index (χ1v) is 13.1. The van der Waals surface area contributed by atoms with Crippen LogP contribution < -0.4 is 10.6 Å². The number of H-pyrrole nitrogens is 1. The summed E-state index contributed by atoms with van der Waals surface area (Å²) >= 11 is 0. The molecule has 0 bridgehead atoms. The molecule has 1 saturated carbocycles. The maximum atomic E-state index is 12.6. The van der Waals surface area contributed by atoms with Gasteiger partial charge in [0, 0.05) is 46.7 Å². The molecule has 1 aliphatic carbocycles. The van der Waals surface area contributed by atoms with Gasteiger partial charge in [0.25, 0.3) is 5.91 Å². The van der Waals surface area contributed by atoms with E-state index < -0.39 is 12.0 Å². The quantitative estimate of drug-likeness (QED) is 0.218. The fraction of sp³-hybridized carbons (Fsp3) is 0.226. The van der Waals surface area contributed by atoms with E-state index in [0.717, 1.165) is 56.9 Å². The number of amides is 1. The van der Waals surface area contributed by atoms with E-state index in [1.807, 2.05) is 74.6 Å². The number of carbonyl (C=O) groups is 2. The summed E-state index contributed by atoms with van der Waals surface area (Å²) in [6.45, 7) is 4.04. The van der Waals surface area contributed by atoms with Gasteiger partial charge in [0.1, 0.15) is 6.04 Å². The lowest BCUT2D eigenvalue weighted by Crippen LogP contribution is -2.32. The van der Waals surface area contributed by atoms with E-state index in [2.05, 4.69) is 25.6 Å². The zero-order chi connectivity index (χ0) is 27.1. The highest BCUT2D eigenvalue weighted by atomic mass is 16.4. The highest BCUT2D eigenvalue weighted by Crippen LogP contribution is 2.29. The van der Waals surface area contributed by atoms with Crippen molar-refractivity contribution in [2.75, 3.05) is 5.32 Å². The summed E-state index contributed by atoms with van der Waals surface area (Å²) in [5.41, 5.74) is 7.34. The van der Waals surface area contributed by atoms with Gasteiger partial charge in [0.2, 0.25) is 5.95 Å². The fourth-order valence-corrected chi connectivity index (χ4v) is 5.03. The molecule has 0 spiro atoms. The van der Waals surface area contributed by atoms with Crippen molar-refractivity contribution in [3.05, 3.63) is 89.2 Å². The summed E-state index contributed by atoms with van der Waals surface area (Å²) in [4.78, 5) is 36.9. The molecule has 5 aromatic rings. The topological polar surface area (TPSA) is 120 Å². The molecule has 1 atom stereocenters. The van der Waals surface area contributed by atoms with Crippen LogP contribution in [0.1, 0.15) is 39.9 Å². The first-order chi connectivity index (χ1) is 18.9. The summed E-state index contributed by atoms with van der Waals surface area (Å²) in [5, 5.41) is 17.9. The number of nitrogens with one attached hydrogen (secondary N) is 3. The van der Waals surface area contributed by atoms with Gasteiger partial charge in [0.05, 0.1) is 5.52 Å². The highest BCUT2D eigenvalue weighted by molar-refractivity contribution is 5.96. The third-order valence-corrected chi connectivity index (χ3v) is 7.32. The van der Waals surface area contributed by atoms with Crippen LogP contribution in [0, 0.1) is 13.8 Å². The van der Waals surface area contributed by atoms with Crippen molar-refractivity contribution in [1.82, 2.24) is 20.3 Å². The van der Waals surface area contributed by atoms with Crippen molar-refractivity contribution in [1.29, 1.82) is 0 Å². The molecule has 196 valence electrons. The second-order valence-corrected chi connectivity index (χ2v) is 10.3. The van der Waals surface area contributed by atoms with Crippen LogP contribution in [0.2, 0.25) is 0 Å². The highest BCUT2D eigenvalue weighted by Gasteiger charge is 2.24. The van der Waals surface area contributed by atoms with Gasteiger partial charge in [-0.25, -0.2) is 14.8 Å². The molecule has 1 aliphatic rings. The third kappa shape index (κ3) is 5.05. The molecule has 39 heavy (non-hydrogen) atoms. The van der Waals surface area contributed by atoms with Gasteiger partial charge < -0.3 is 20.7 Å². The van der Waals surface area contributed by atoms with Crippen LogP contribution in [0.5, 0.6) is 0 Å². The average molecular weight is 520 g/mol. The Hall–Kier alpha value is -4.72. The van der Waals surface area contributed by atoms with Crippen LogP contribution in [0.4, 0.5) is 5.95 Å². The number of rotatable bonds is 8. The molecule has 4 N–H and O–H groups in total. The van der Waals surface area contributed by atoms with Gasteiger partial charge in [-0.15, -0.1) is 0 Å². The van der Waals surface area contributed by atoms with E-state index in [9.17, 15) is 14.7 Å². The summed E-state index contributed by atoms with van der Waals surface area (Å²) in [5.74, 6) is -0.762. The molecule has 8 nitrogen and oxygen atoms in total. The van der Waals surface area contributed by atoms with Gasteiger partial charge in [0.15, 0.2) is 0 Å². The number of hydrogen-bond donors (Lipinski definition) is 4. The zero-order valence-corrected chi connectivity index (χ0v) is 21.8. The Morgan fingerprint density at radius 2 is 1.92 bits per heavy atom. The Morgan fingerprint density at radius 3 is 2.72 bits per heavy atom. The summed E-state index contributed by atoms with van der Waals surface area (Å²) in [6.07, 6.45) is 5.93. The van der Waals surface area contributed by atoms with E-state index in [-0.39, 0.29) is 18.3 Å². The molecule has 1 fully saturated rings. The number of anilines is 1. The maximum absolute atomic E-state index is 12.6. The smallest absolute Gasteiger partial charge is 0.326 e. The number of hydrogen-bond acceptors (Lipinski definition) is 5. The Kier molecular flexibility index (Phi) is 6.23. The fourth-order valence-electron chi connectivity index (χ4n) is 5.03. The Morgan fingerprint density at radius 1 is 1.08 bits per heavy atom. The van der Waals surface area contributed by atoms with E-state index >= 15 is 0 Å². The number of aliphatic carboxylic acids is 1. The van der Waals surface area contributed by atoms with Gasteiger partial charge in [-0.3, -0.25) is 4.79 Å². The van der Waals surface area contributed by atoms with Crippen LogP contribution in [0.15, 0.2) is 67.0 Å². The van der Waals surface area contributed by atoms with Crippen LogP contribution >= 0.6 is 0 Å². The van der Waals surface area contributed by atoms with Crippen molar-refractivity contribution in [2.45, 2.75) is 45.2 Å². The molecule has 6 rings (SSSR count). The number of carboxylic acid groups (broad SMARTS) is 1. The molecule has 1 amide bonds. The number of carbonyl (C=O) groups excluding carboxylic acids is 1. The van der Waals surface area contributed by atoms with E-state index in [1.165, 1.54) is 0 Å². The molecule has 3 aromatic carbocycles. The van der Waals surface area contributed by atoms with E-state index in [1.54, 1.807) is 6.20 Å². The Balaban J connectivity index is 1.24. The van der Waals surface area contributed by atoms with Crippen molar-refractivity contribution in [3.63, 3.8) is 0 Å². The number of nitrogens with zero attached hydrogens (tertiary/aromatic N) is 2. The molecular formula is C31H29N5O3. The van der Waals surface area contributed by atoms with Gasteiger partial charge in [-0.1, -0.05) is 24.3 Å². The Labute approximate surface area is 225 Å². The van der Waals surface area contributed by atoms with Crippen molar-refractivity contribution < 1.29 is 14.7 Å². The second-order valence-electron chi connectivity index (χ2n) is 10.3. The molecule has 0 radical (unpaired) electrons. The lowest BCUT2D eigenvalue weighted by Gasteiger charge is -2.15. The minimum atomic E-state index is -0.974. The molecule has 8 heteroatoms. The van der Waals surface area contributed by atoms with E-state index in [0.29, 0.717) is 17.1 Å². The van der Waals surface area contributed by atoms with Crippen LogP contribution in [-0.2, 0) is 11.2 Å². The first-order valence-electron chi connectivity index (χ1n) is 13.1. The summed E-state index contributed by atoms with van der Waals surface area (Å²) in [6, 6.07) is 17.0. The number of aryl methyl sites for hydroxylation is 2. The maximum Gasteiger partial charge on any atom is 0.326 e. The number of carboxylic acids is 1. The normalized spacial score (nSPS) is 13.9. The Bertz CT molecular complexity index is 1740. The van der Waals surface area contributed by atoms with Crippen molar-refractivity contribution in [2.24, 2.45) is 0 Å². The lowest BCUT2D eigenvalue weighted by atomic mass is 9.97. The van der Waals surface area contributed by atoms with Crippen LogP contribution in [0.3, 0.4) is 0 Å². The van der Waals surface area contributed by atoms with Crippen molar-refractivity contribution >= 4 is 39.6 Å². The SMILES string of the molecule is Cc1ccc(C(=O)NC2CC2)cc1-c1ccc2nc(N[C@H](Cc3c[nH]c4cccc(C)c34)C(=O)O)ncc2c1. The summed E-state index contributed by atoms with van der Waals surface area (Å²) < 4.78 is 0. The molecule has 0 unspecified atom stereocenters. The monoisotopic (exact) mass is 519 g/mol. The molecule has 2 aromatic heterocycles. The lowest BCUT2D eigenvalue weighted by molar-refractivity contribution is -0.137. The van der Waals surface area contributed by atoms with Crippen molar-refractivity contribution in [3.8, 4) is 11.1 Å². The van der Waals surface area contributed by atoms with Crippen LogP contribution in [-0.4, -0.2) is 44.0 Å². The molecule has 0 aliphatic heterocycles. The number of aromatic nitrogens is 3. The predicted molar refractivity (Wildman–Crippen MR) is 152 cm³/mol. The number of aromatic amines is 1. The second kappa shape index (κ2) is 9.87. The van der Waals surface area contributed by atoms with Crippen LogP contribution in [0.25, 0.3) is 32.9 Å². The molecule has 0 saturated heterocycles. The molecule has 2 heterocycles. The zero-order valence-electron chi connectivity index (χ0n) is 21.8. The minimum absolute atomic E-state index is 0.0469. The van der Waals surface area contributed by atoms with Gasteiger partial charge in [-0.2, -0.15) is 0 Å². The van der Waals surface area contributed by atoms with E-state index in [4.69, 9.17) is 0 Å².